The molecule has 3 aromatic rings. The van der Waals surface area contributed by atoms with Gasteiger partial charge in [-0.25, -0.2) is 0 Å². The van der Waals surface area contributed by atoms with Crippen LogP contribution < -0.4 is 5.32 Å². The lowest BCUT2D eigenvalue weighted by molar-refractivity contribution is -0.115. The molecule has 130 valence electrons. The van der Waals surface area contributed by atoms with Gasteiger partial charge in [0, 0.05) is 21.4 Å². The summed E-state index contributed by atoms with van der Waals surface area (Å²) in [7, 11) is 0. The number of aliphatic hydroxyl groups is 1. The van der Waals surface area contributed by atoms with Crippen molar-refractivity contribution in [1.29, 1.82) is 0 Å². The zero-order valence-electron chi connectivity index (χ0n) is 14.2. The highest BCUT2D eigenvalue weighted by Gasteiger charge is 2.15. The van der Waals surface area contributed by atoms with E-state index in [0.29, 0.717) is 6.54 Å². The Hall–Kier alpha value is -2.18. The van der Waals surface area contributed by atoms with Crippen molar-refractivity contribution in [3.8, 4) is 0 Å². The number of rotatable bonds is 5. The molecule has 2 N–H and O–H groups in total. The molecular weight excluding hydrogens is 382 g/mol. The second-order valence-corrected chi connectivity index (χ2v) is 6.85. The Bertz CT molecular complexity index is 934. The molecule has 0 atom stereocenters. The lowest BCUT2D eigenvalue weighted by Crippen LogP contribution is -2.15. The van der Waals surface area contributed by atoms with Gasteiger partial charge >= 0.3 is 0 Å². The van der Waals surface area contributed by atoms with E-state index >= 15 is 0 Å². The molecule has 0 aliphatic carbocycles. The fourth-order valence-corrected chi connectivity index (χ4v) is 3.50. The van der Waals surface area contributed by atoms with E-state index < -0.39 is 0 Å². The standard InChI is InChI=1S/C19H20BrN3O2/c1-12-17(13(2)23(22-12)8-9-24)11-19(25)21-15-6-7-16-14(10-15)4-3-5-18(16)20/h3-7,10,24H,8-9,11H2,1-2H3,(H,21,25). The third-order valence-corrected chi connectivity index (χ3v) is 4.98. The van der Waals surface area contributed by atoms with E-state index in [1.54, 1.807) is 4.68 Å². The number of hydrogen-bond acceptors (Lipinski definition) is 3. The number of aliphatic hydroxyl groups excluding tert-OH is 1. The number of amides is 1. The van der Waals surface area contributed by atoms with E-state index in [1.165, 1.54) is 0 Å². The van der Waals surface area contributed by atoms with Gasteiger partial charge in [0.2, 0.25) is 5.91 Å². The minimum atomic E-state index is -0.0795. The number of anilines is 1. The van der Waals surface area contributed by atoms with Crippen molar-refractivity contribution in [3.63, 3.8) is 0 Å². The number of hydrogen-bond donors (Lipinski definition) is 2. The molecule has 0 radical (unpaired) electrons. The highest BCUT2D eigenvalue weighted by Crippen LogP contribution is 2.26. The van der Waals surface area contributed by atoms with E-state index in [0.717, 1.165) is 37.9 Å². The van der Waals surface area contributed by atoms with Crippen LogP contribution in [0.3, 0.4) is 0 Å². The number of aryl methyl sites for hydroxylation is 1. The normalized spacial score (nSPS) is 11.0. The van der Waals surface area contributed by atoms with Gasteiger partial charge in [0.1, 0.15) is 0 Å². The van der Waals surface area contributed by atoms with Crippen LogP contribution in [0, 0.1) is 13.8 Å². The highest BCUT2D eigenvalue weighted by atomic mass is 79.9. The van der Waals surface area contributed by atoms with E-state index in [-0.39, 0.29) is 18.9 Å². The van der Waals surface area contributed by atoms with Crippen LogP contribution in [-0.4, -0.2) is 27.4 Å². The SMILES string of the molecule is Cc1nn(CCO)c(C)c1CC(=O)Nc1ccc2c(Br)cccc2c1. The monoisotopic (exact) mass is 401 g/mol. The third-order valence-electron chi connectivity index (χ3n) is 4.29. The Morgan fingerprint density at radius 3 is 2.84 bits per heavy atom. The maximum absolute atomic E-state index is 12.4. The van der Waals surface area contributed by atoms with Crippen LogP contribution >= 0.6 is 15.9 Å². The van der Waals surface area contributed by atoms with Crippen molar-refractivity contribution in [2.75, 3.05) is 11.9 Å². The number of benzene rings is 2. The lowest BCUT2D eigenvalue weighted by Gasteiger charge is -2.08. The molecule has 6 heteroatoms. The maximum atomic E-state index is 12.4. The summed E-state index contributed by atoms with van der Waals surface area (Å²) in [6, 6.07) is 11.8. The molecule has 3 rings (SSSR count). The van der Waals surface area contributed by atoms with Crippen LogP contribution in [0.2, 0.25) is 0 Å². The van der Waals surface area contributed by atoms with E-state index in [9.17, 15) is 4.79 Å². The third kappa shape index (κ3) is 3.75. The number of carbonyl (C=O) groups excluding carboxylic acids is 1. The molecule has 1 aromatic heterocycles. The molecule has 0 aliphatic rings. The summed E-state index contributed by atoms with van der Waals surface area (Å²) in [5.74, 6) is -0.0795. The first kappa shape index (κ1) is 17.6. The molecule has 0 saturated carbocycles. The Morgan fingerprint density at radius 1 is 1.28 bits per heavy atom. The quantitative estimate of drug-likeness (QED) is 0.686. The molecular formula is C19H20BrN3O2. The fourth-order valence-electron chi connectivity index (χ4n) is 2.99. The topological polar surface area (TPSA) is 67.1 Å². The number of nitrogens with one attached hydrogen (secondary N) is 1. The number of carbonyl (C=O) groups is 1. The van der Waals surface area contributed by atoms with E-state index in [1.807, 2.05) is 50.2 Å². The van der Waals surface area contributed by atoms with Crippen LogP contribution in [0.4, 0.5) is 5.69 Å². The summed E-state index contributed by atoms with van der Waals surface area (Å²) in [4.78, 5) is 12.4. The Morgan fingerprint density at radius 2 is 2.08 bits per heavy atom. The van der Waals surface area contributed by atoms with Gasteiger partial charge in [0.15, 0.2) is 0 Å². The molecule has 0 aliphatic heterocycles. The largest absolute Gasteiger partial charge is 0.394 e. The predicted molar refractivity (Wildman–Crippen MR) is 103 cm³/mol. The lowest BCUT2D eigenvalue weighted by atomic mass is 10.1. The van der Waals surface area contributed by atoms with Gasteiger partial charge in [-0.3, -0.25) is 9.48 Å². The molecule has 0 saturated heterocycles. The fraction of sp³-hybridized carbons (Fsp3) is 0.263. The Kier molecular flexibility index (Phi) is 5.20. The van der Waals surface area contributed by atoms with Gasteiger partial charge in [-0.1, -0.05) is 34.1 Å². The molecule has 0 fully saturated rings. The van der Waals surface area contributed by atoms with Crippen molar-refractivity contribution in [2.45, 2.75) is 26.8 Å². The van der Waals surface area contributed by atoms with Crippen LogP contribution in [0.5, 0.6) is 0 Å². The van der Waals surface area contributed by atoms with Gasteiger partial charge in [0.05, 0.1) is 25.3 Å². The maximum Gasteiger partial charge on any atom is 0.228 e. The zero-order chi connectivity index (χ0) is 18.0. The molecule has 25 heavy (non-hydrogen) atoms. The summed E-state index contributed by atoms with van der Waals surface area (Å²) < 4.78 is 2.77. The Balaban J connectivity index is 1.77. The van der Waals surface area contributed by atoms with Crippen LogP contribution in [0.15, 0.2) is 40.9 Å². The van der Waals surface area contributed by atoms with Gasteiger partial charge in [-0.05, 0) is 42.8 Å². The Labute approximate surface area is 154 Å². The molecule has 1 heterocycles. The number of halogens is 1. The molecule has 0 spiro atoms. The minimum absolute atomic E-state index is 0.0280. The summed E-state index contributed by atoms with van der Waals surface area (Å²) in [5.41, 5.74) is 3.43. The van der Waals surface area contributed by atoms with Crippen LogP contribution in [-0.2, 0) is 17.8 Å². The molecule has 1 amide bonds. The van der Waals surface area contributed by atoms with Crippen molar-refractivity contribution in [1.82, 2.24) is 9.78 Å². The van der Waals surface area contributed by atoms with E-state index in [4.69, 9.17) is 5.11 Å². The number of nitrogens with zero attached hydrogens (tertiary/aromatic N) is 2. The predicted octanol–water partition coefficient (Wildman–Crippen LogP) is 3.59. The summed E-state index contributed by atoms with van der Waals surface area (Å²) >= 11 is 3.53. The average Bonchev–Trinajstić information content (AvgIpc) is 2.83. The molecule has 0 unspecified atom stereocenters. The minimum Gasteiger partial charge on any atom is -0.394 e. The van der Waals surface area contributed by atoms with Gasteiger partial charge in [-0.2, -0.15) is 5.10 Å². The van der Waals surface area contributed by atoms with Gasteiger partial charge in [-0.15, -0.1) is 0 Å². The first-order chi connectivity index (χ1) is 12.0. The second kappa shape index (κ2) is 7.37. The smallest absolute Gasteiger partial charge is 0.228 e. The molecule has 0 bridgehead atoms. The highest BCUT2D eigenvalue weighted by molar-refractivity contribution is 9.10. The number of aromatic nitrogens is 2. The second-order valence-electron chi connectivity index (χ2n) is 6.00. The van der Waals surface area contributed by atoms with Crippen molar-refractivity contribution < 1.29 is 9.90 Å². The summed E-state index contributed by atoms with van der Waals surface area (Å²) in [6.45, 7) is 4.27. The van der Waals surface area contributed by atoms with Crippen molar-refractivity contribution in [2.24, 2.45) is 0 Å². The average molecular weight is 402 g/mol. The van der Waals surface area contributed by atoms with Crippen molar-refractivity contribution >= 4 is 38.3 Å². The number of fused-ring (bicyclic) bond motifs is 1. The van der Waals surface area contributed by atoms with Gasteiger partial charge < -0.3 is 10.4 Å². The van der Waals surface area contributed by atoms with Gasteiger partial charge in [0.25, 0.3) is 0 Å². The first-order valence-corrected chi connectivity index (χ1v) is 8.90. The summed E-state index contributed by atoms with van der Waals surface area (Å²) in [6.07, 6.45) is 0.264. The van der Waals surface area contributed by atoms with Crippen LogP contribution in [0.1, 0.15) is 17.0 Å². The van der Waals surface area contributed by atoms with Crippen LogP contribution in [0.25, 0.3) is 10.8 Å². The molecule has 2 aromatic carbocycles. The zero-order valence-corrected chi connectivity index (χ0v) is 15.8. The first-order valence-electron chi connectivity index (χ1n) is 8.11. The molecule has 5 nitrogen and oxygen atoms in total. The summed E-state index contributed by atoms with van der Waals surface area (Å²) in [5, 5.41) is 18.6. The van der Waals surface area contributed by atoms with E-state index in [2.05, 4.69) is 26.3 Å². The van der Waals surface area contributed by atoms with Crippen molar-refractivity contribution in [3.05, 3.63) is 57.8 Å².